The molecule has 0 radical (unpaired) electrons. The van der Waals surface area contributed by atoms with Crippen molar-refractivity contribution in [2.75, 3.05) is 6.67 Å². The van der Waals surface area contributed by atoms with E-state index < -0.39 is 0 Å². The molecule has 0 saturated carbocycles. The van der Waals surface area contributed by atoms with Crippen molar-refractivity contribution < 1.29 is 35.7 Å². The molecule has 0 amide bonds. The Morgan fingerprint density at radius 1 is 0.840 bits per heavy atom. The average molecular weight is 531 g/mol. The number of aromatic hydroxyl groups is 2. The maximum atomic E-state index is 9.75. The molecule has 2 N–H and O–H groups in total. The van der Waals surface area contributed by atoms with Crippen molar-refractivity contribution in [2.45, 2.75) is 35.1 Å². The van der Waals surface area contributed by atoms with E-state index in [4.69, 9.17) is 2.97 Å². The summed E-state index contributed by atoms with van der Waals surface area (Å²) in [6.07, 6.45) is 0. The second-order valence-corrected chi connectivity index (χ2v) is 4.66. The van der Waals surface area contributed by atoms with Crippen molar-refractivity contribution in [2.24, 2.45) is 9.98 Å². The summed E-state index contributed by atoms with van der Waals surface area (Å²) in [5, 5.41) is 19.5. The van der Waals surface area contributed by atoms with E-state index in [0.717, 1.165) is 11.4 Å². The molecule has 0 aromatic heterocycles. The van der Waals surface area contributed by atoms with Crippen LogP contribution >= 0.6 is 0 Å². The van der Waals surface area contributed by atoms with Crippen molar-refractivity contribution in [3.8, 4) is 11.5 Å². The molecular weight excluding hydrogens is 495 g/mol. The quantitative estimate of drug-likeness (QED) is 0.511. The molecule has 5 heteroatoms. The van der Waals surface area contributed by atoms with E-state index >= 15 is 0 Å². The fourth-order valence-electron chi connectivity index (χ4n) is 1.98. The molecule has 2 rings (SSSR count). The van der Waals surface area contributed by atoms with E-state index in [1.807, 2.05) is 52.0 Å². The predicted molar refractivity (Wildman–Crippen MR) is 108 cm³/mol. The first kappa shape index (κ1) is 23.1. The normalized spacial score (nSPS) is 11.0. The van der Waals surface area contributed by atoms with Gasteiger partial charge in [0.25, 0.3) is 0 Å². The molecule has 0 aliphatic heterocycles. The van der Waals surface area contributed by atoms with Crippen LogP contribution in [-0.4, -0.2) is 28.3 Å². The van der Waals surface area contributed by atoms with Gasteiger partial charge in [-0.05, 0) is 38.1 Å². The van der Waals surface area contributed by atoms with Gasteiger partial charge < -0.3 is 10.2 Å². The summed E-state index contributed by atoms with van der Waals surface area (Å²) in [5.41, 5.74) is 2.85. The summed E-state index contributed by atoms with van der Waals surface area (Å²) in [6.45, 7) is 7.92. The first-order valence-electron chi connectivity index (χ1n) is 8.68. The Morgan fingerprint density at radius 3 is 1.48 bits per heavy atom. The minimum Gasteiger partial charge on any atom is -0.507 e. The number of hydrogen-bond acceptors (Lipinski definition) is 4. The van der Waals surface area contributed by atoms with Crippen molar-refractivity contribution >= 4 is 11.4 Å². The molecule has 0 bridgehead atoms. The molecule has 0 unspecified atom stereocenters. The van der Waals surface area contributed by atoms with Crippen LogP contribution in [0.3, 0.4) is 0 Å². The topological polar surface area (TPSA) is 65.2 Å². The van der Waals surface area contributed by atoms with Gasteiger partial charge in [-0.3, -0.25) is 9.98 Å². The average Bonchev–Trinajstić information content (AvgIpc) is 2.65. The SMILES string of the molecule is C.CC.CC(=NCN=C(C)c1ccccc1O)c1ccccc1O.[2HH].[2H][2H].[Pt]. The van der Waals surface area contributed by atoms with Crippen LogP contribution in [0.5, 0.6) is 11.5 Å². The second kappa shape index (κ2) is 13.4. The van der Waals surface area contributed by atoms with Crippen molar-refractivity contribution in [3.63, 3.8) is 0 Å². The van der Waals surface area contributed by atoms with Gasteiger partial charge >= 0.3 is 0 Å². The number of hydrogen-bond donors (Lipinski definition) is 2. The van der Waals surface area contributed by atoms with Crippen LogP contribution in [0, 0.1) is 0 Å². The van der Waals surface area contributed by atoms with Crippen LogP contribution in [0.1, 0.15) is 50.6 Å². The number of phenols is 2. The van der Waals surface area contributed by atoms with Crippen LogP contribution in [0.25, 0.3) is 0 Å². The van der Waals surface area contributed by atoms with Gasteiger partial charge in [-0.25, -0.2) is 0 Å². The third kappa shape index (κ3) is 7.66. The third-order valence-electron chi connectivity index (χ3n) is 3.20. The Hall–Kier alpha value is -1.93. The number of rotatable bonds is 4. The van der Waals surface area contributed by atoms with E-state index in [-0.39, 0.29) is 48.1 Å². The van der Waals surface area contributed by atoms with Crippen LogP contribution < -0.4 is 0 Å². The third-order valence-corrected chi connectivity index (χ3v) is 3.20. The molecule has 2 aromatic carbocycles. The summed E-state index contributed by atoms with van der Waals surface area (Å²) < 4.78 is 10.0. The van der Waals surface area contributed by atoms with Gasteiger partial charge in [-0.1, -0.05) is 45.5 Å². The maximum Gasteiger partial charge on any atom is 0.129 e. The van der Waals surface area contributed by atoms with Gasteiger partial charge in [0.05, 0.1) is 0 Å². The standard InChI is InChI=1S/C17H18N2O2.C2H6.CH4.Pt.2H2/c1-12(14-7-3-5-9-16(14)20)18-11-19-13(2)15-8-4-6-10-17(15)21;1-2;;;;/h3-10,20-21H,11H2,1-2H3;1-2H3;1H4;;2*1H/i;;;;1+1D;1+1. The summed E-state index contributed by atoms with van der Waals surface area (Å²) >= 11 is 0. The molecule has 0 fully saturated rings. The van der Waals surface area contributed by atoms with Crippen molar-refractivity contribution in [1.29, 1.82) is 0 Å². The zero-order valence-corrected chi connectivity index (χ0v) is 16.7. The van der Waals surface area contributed by atoms with Gasteiger partial charge in [0.2, 0.25) is 0 Å². The smallest absolute Gasteiger partial charge is 0.129 e. The summed E-state index contributed by atoms with van der Waals surface area (Å²) in [6, 6.07) is 14.1. The van der Waals surface area contributed by atoms with Crippen molar-refractivity contribution in [3.05, 3.63) is 59.7 Å². The molecule has 0 saturated heterocycles. The predicted octanol–water partition coefficient (Wildman–Crippen LogP) is 5.53. The molecule has 4 nitrogen and oxygen atoms in total. The van der Waals surface area contributed by atoms with Crippen molar-refractivity contribution in [1.82, 2.24) is 0 Å². The van der Waals surface area contributed by atoms with Crippen LogP contribution in [0.2, 0.25) is 0 Å². The van der Waals surface area contributed by atoms with Gasteiger partial charge in [0, 0.05) is 48.0 Å². The van der Waals surface area contributed by atoms with E-state index in [9.17, 15) is 10.2 Å². The van der Waals surface area contributed by atoms with Gasteiger partial charge in [-0.15, -0.1) is 0 Å². The summed E-state index contributed by atoms with van der Waals surface area (Å²) in [7, 11) is 0. The molecule has 144 valence electrons. The molecule has 25 heavy (non-hydrogen) atoms. The minimum absolute atomic E-state index is 0. The Labute approximate surface area is 170 Å². The fraction of sp³-hybridized carbons (Fsp3) is 0.300. The van der Waals surface area contributed by atoms with Gasteiger partial charge in [0.1, 0.15) is 18.2 Å². The number of phenolic OH excluding ortho intramolecular Hbond substituents is 2. The number of para-hydroxylation sites is 2. The molecule has 0 aliphatic rings. The zero-order valence-electron chi connectivity index (χ0n) is 16.4. The van der Waals surface area contributed by atoms with Gasteiger partial charge in [-0.2, -0.15) is 0 Å². The van der Waals surface area contributed by atoms with E-state index in [0.29, 0.717) is 11.1 Å². The Morgan fingerprint density at radius 2 is 1.16 bits per heavy atom. The largest absolute Gasteiger partial charge is 0.507 e. The van der Waals surface area contributed by atoms with E-state index in [2.05, 4.69) is 9.98 Å². The fourth-order valence-corrected chi connectivity index (χ4v) is 1.98. The number of nitrogens with zero attached hydrogens (tertiary/aromatic N) is 2. The first-order chi connectivity index (χ1) is 12.1. The molecule has 0 spiro atoms. The van der Waals surface area contributed by atoms with E-state index in [1.165, 1.54) is 0 Å². The molecule has 2 aromatic rings. The van der Waals surface area contributed by atoms with E-state index in [1.54, 1.807) is 24.3 Å². The summed E-state index contributed by atoms with van der Waals surface area (Å²) in [5.74, 6) is 0.417. The minimum atomic E-state index is 0. The Bertz CT molecular complexity index is 652. The summed E-state index contributed by atoms with van der Waals surface area (Å²) in [4.78, 5) is 8.68. The van der Waals surface area contributed by atoms with Crippen LogP contribution in [-0.2, 0) is 21.1 Å². The second-order valence-electron chi connectivity index (χ2n) is 4.66. The maximum absolute atomic E-state index is 9.75. The van der Waals surface area contributed by atoms with Crippen LogP contribution in [0.15, 0.2) is 58.5 Å². The molecule has 0 heterocycles. The number of benzene rings is 2. The Balaban J connectivity index is -0.000000386. The monoisotopic (exact) mass is 530 g/mol. The number of aliphatic imine (C=N–C) groups is 2. The Kier molecular flexibility index (Phi) is 12.3. The first-order valence-corrected chi connectivity index (χ1v) is 7.68. The van der Waals surface area contributed by atoms with Crippen LogP contribution in [0.4, 0.5) is 0 Å². The molecular formula is C20H32N2O2Pt. The molecule has 0 atom stereocenters. The molecule has 0 aliphatic carbocycles. The van der Waals surface area contributed by atoms with Gasteiger partial charge in [0.15, 0.2) is 0 Å². The zero-order chi connectivity index (χ0) is 19.2.